The van der Waals surface area contributed by atoms with Crippen LogP contribution in [-0.2, 0) is 4.79 Å². The van der Waals surface area contributed by atoms with E-state index >= 15 is 0 Å². The van der Waals surface area contributed by atoms with Crippen LogP contribution in [0.3, 0.4) is 0 Å². The van der Waals surface area contributed by atoms with Crippen molar-refractivity contribution in [1.29, 1.82) is 0 Å². The lowest BCUT2D eigenvalue weighted by Crippen LogP contribution is -2.38. The third-order valence-corrected chi connectivity index (χ3v) is 5.78. The van der Waals surface area contributed by atoms with Gasteiger partial charge in [-0.05, 0) is 46.5 Å². The summed E-state index contributed by atoms with van der Waals surface area (Å²) in [6.07, 6.45) is 12.3. The zero-order chi connectivity index (χ0) is 22.8. The highest BCUT2D eigenvalue weighted by molar-refractivity contribution is 6.30. The minimum Gasteiger partial charge on any atom is -0.289 e. The van der Waals surface area contributed by atoms with Crippen molar-refractivity contribution in [2.45, 2.75) is 6.92 Å². The molecule has 2 N–H and O–H groups in total. The van der Waals surface area contributed by atoms with E-state index in [9.17, 15) is 4.79 Å². The molecule has 158 valence electrons. The average Bonchev–Trinajstić information content (AvgIpc) is 2.83. The fourth-order valence-electron chi connectivity index (χ4n) is 4.01. The number of benzene rings is 3. The maximum atomic E-state index is 12.5. The lowest BCUT2D eigenvalue weighted by molar-refractivity contribution is -0.111. The highest BCUT2D eigenvalue weighted by Gasteiger charge is 2.17. The van der Waals surface area contributed by atoms with Crippen LogP contribution in [0.15, 0.2) is 107 Å². The number of ketones is 1. The minimum atomic E-state index is -0.0654. The molecule has 0 bridgehead atoms. The Morgan fingerprint density at radius 2 is 1.70 bits per heavy atom. The molecule has 2 aliphatic carbocycles. The number of carbonyl (C=O) groups is 1. The molecule has 0 aliphatic heterocycles. The predicted octanol–water partition coefficient (Wildman–Crippen LogP) is 4.30. The number of rotatable bonds is 3. The molecule has 0 radical (unpaired) electrons. The lowest BCUT2D eigenvalue weighted by atomic mass is 9.92. The molecule has 0 spiro atoms. The van der Waals surface area contributed by atoms with E-state index in [1.807, 2.05) is 54.8 Å². The van der Waals surface area contributed by atoms with Gasteiger partial charge in [0, 0.05) is 35.7 Å². The van der Waals surface area contributed by atoms with Gasteiger partial charge in [-0.2, -0.15) is 0 Å². The van der Waals surface area contributed by atoms with Crippen molar-refractivity contribution >= 4 is 45.8 Å². The van der Waals surface area contributed by atoms with E-state index in [1.165, 1.54) is 0 Å². The maximum Gasteiger partial charge on any atom is 0.198 e. The molecule has 3 aromatic carbocycles. The fourth-order valence-corrected chi connectivity index (χ4v) is 4.01. The van der Waals surface area contributed by atoms with E-state index < -0.39 is 0 Å². The van der Waals surface area contributed by atoms with Crippen LogP contribution in [0.25, 0.3) is 22.4 Å². The second kappa shape index (κ2) is 8.60. The van der Waals surface area contributed by atoms with Crippen LogP contribution in [-0.4, -0.2) is 23.4 Å². The third-order valence-electron chi connectivity index (χ3n) is 5.78. The molecule has 0 aromatic heterocycles. The molecular formula is C29H22N3O+. The smallest absolute Gasteiger partial charge is 0.198 e. The van der Waals surface area contributed by atoms with Crippen LogP contribution in [0.4, 0.5) is 0 Å². The summed E-state index contributed by atoms with van der Waals surface area (Å²) in [4.78, 5) is 21.9. The zero-order valence-electron chi connectivity index (χ0n) is 18.2. The number of fused-ring (bicyclic) bond motifs is 2. The molecule has 0 fully saturated rings. The molecule has 0 heterocycles. The Morgan fingerprint density at radius 3 is 2.61 bits per heavy atom. The first-order valence-electron chi connectivity index (χ1n) is 10.7. The first kappa shape index (κ1) is 20.5. The zero-order valence-corrected chi connectivity index (χ0v) is 18.2. The SMILES string of the molecule is Cc1ccc2ccccc2c1C=NC1=CC(=[NH2+])C=CC1=NC=C1C(=O)C=Cc2ccccc21. The van der Waals surface area contributed by atoms with Gasteiger partial charge in [-0.1, -0.05) is 66.7 Å². The summed E-state index contributed by atoms with van der Waals surface area (Å²) < 4.78 is 0. The molecule has 2 aliphatic rings. The number of aliphatic imine (C=N–C) groups is 2. The van der Waals surface area contributed by atoms with Crippen molar-refractivity contribution in [2.24, 2.45) is 9.98 Å². The summed E-state index contributed by atoms with van der Waals surface area (Å²) in [7, 11) is 0. The molecule has 33 heavy (non-hydrogen) atoms. The summed E-state index contributed by atoms with van der Waals surface area (Å²) in [6.45, 7) is 2.07. The summed E-state index contributed by atoms with van der Waals surface area (Å²) in [6, 6.07) is 20.2. The topological polar surface area (TPSA) is 67.4 Å². The van der Waals surface area contributed by atoms with Gasteiger partial charge in [0.05, 0.1) is 11.4 Å². The Kier molecular flexibility index (Phi) is 5.33. The van der Waals surface area contributed by atoms with Crippen molar-refractivity contribution in [2.75, 3.05) is 0 Å². The van der Waals surface area contributed by atoms with Gasteiger partial charge in [0.25, 0.3) is 0 Å². The number of hydrogen-bond acceptors (Lipinski definition) is 3. The molecule has 0 saturated heterocycles. The van der Waals surface area contributed by atoms with E-state index in [0.29, 0.717) is 22.7 Å². The van der Waals surface area contributed by atoms with Crippen LogP contribution in [0.5, 0.6) is 0 Å². The Morgan fingerprint density at radius 1 is 0.879 bits per heavy atom. The predicted molar refractivity (Wildman–Crippen MR) is 136 cm³/mol. The molecule has 0 unspecified atom stereocenters. The fraction of sp³-hybridized carbons (Fsp3) is 0.0345. The highest BCUT2D eigenvalue weighted by Crippen LogP contribution is 2.27. The standard InChI is InChI=1S/C29H21N3O/c1-19-10-11-20-6-2-4-8-23(20)25(19)17-32-28-16-22(30)13-14-27(28)31-18-26-24-9-5-3-7-21(24)12-15-29(26)33/h2-18,30H,1H3/p+1. The second-order valence-corrected chi connectivity index (χ2v) is 7.98. The van der Waals surface area contributed by atoms with Gasteiger partial charge in [0.1, 0.15) is 0 Å². The van der Waals surface area contributed by atoms with E-state index in [4.69, 9.17) is 10.4 Å². The molecule has 5 rings (SSSR count). The summed E-state index contributed by atoms with van der Waals surface area (Å²) in [5.41, 5.74) is 6.52. The van der Waals surface area contributed by atoms with Crippen LogP contribution < -0.4 is 5.41 Å². The van der Waals surface area contributed by atoms with E-state index in [-0.39, 0.29) is 5.78 Å². The summed E-state index contributed by atoms with van der Waals surface area (Å²) in [5, 5.41) is 8.35. The Hall–Kier alpha value is -4.44. The van der Waals surface area contributed by atoms with Gasteiger partial charge in [-0.3, -0.25) is 20.2 Å². The number of allylic oxidation sites excluding steroid dienone is 5. The average molecular weight is 429 g/mol. The van der Waals surface area contributed by atoms with Gasteiger partial charge in [-0.25, -0.2) is 0 Å². The second-order valence-electron chi connectivity index (χ2n) is 7.98. The molecular weight excluding hydrogens is 406 g/mol. The molecule has 3 aromatic rings. The van der Waals surface area contributed by atoms with Crippen LogP contribution >= 0.6 is 0 Å². The summed E-state index contributed by atoms with van der Waals surface area (Å²) in [5.74, 6) is -0.0654. The highest BCUT2D eigenvalue weighted by atomic mass is 16.1. The number of nitrogens with zero attached hydrogens (tertiary/aromatic N) is 2. The van der Waals surface area contributed by atoms with Crippen molar-refractivity contribution in [3.8, 4) is 0 Å². The van der Waals surface area contributed by atoms with Gasteiger partial charge in [0.2, 0.25) is 0 Å². The molecule has 0 saturated carbocycles. The minimum absolute atomic E-state index is 0.0654. The first-order chi connectivity index (χ1) is 16.1. The van der Waals surface area contributed by atoms with Crippen molar-refractivity contribution in [3.05, 3.63) is 119 Å². The number of carbonyl (C=O) groups excluding carboxylic acids is 1. The van der Waals surface area contributed by atoms with Crippen molar-refractivity contribution < 1.29 is 10.2 Å². The van der Waals surface area contributed by atoms with E-state index in [0.717, 1.165) is 33.0 Å². The Bertz CT molecular complexity index is 1500. The van der Waals surface area contributed by atoms with Crippen molar-refractivity contribution in [3.63, 3.8) is 0 Å². The number of nitrogens with two attached hydrogens (primary N) is 1. The van der Waals surface area contributed by atoms with Crippen LogP contribution in [0.2, 0.25) is 0 Å². The van der Waals surface area contributed by atoms with Crippen LogP contribution in [0.1, 0.15) is 22.3 Å². The number of aryl methyl sites for hydroxylation is 1. The van der Waals surface area contributed by atoms with Gasteiger partial charge >= 0.3 is 0 Å². The quantitative estimate of drug-likeness (QED) is 0.377. The van der Waals surface area contributed by atoms with E-state index in [2.05, 4.69) is 36.2 Å². The van der Waals surface area contributed by atoms with Crippen molar-refractivity contribution in [1.82, 2.24) is 0 Å². The molecule has 4 heteroatoms. The largest absolute Gasteiger partial charge is 0.289 e. The van der Waals surface area contributed by atoms with Gasteiger partial charge < -0.3 is 0 Å². The van der Waals surface area contributed by atoms with Gasteiger partial charge in [0.15, 0.2) is 11.5 Å². The molecule has 4 nitrogen and oxygen atoms in total. The van der Waals surface area contributed by atoms with E-state index in [1.54, 1.807) is 24.4 Å². The first-order valence-corrected chi connectivity index (χ1v) is 10.7. The van der Waals surface area contributed by atoms with Gasteiger partial charge in [-0.15, -0.1) is 0 Å². The Labute approximate surface area is 192 Å². The molecule has 0 amide bonds. The molecule has 0 atom stereocenters. The third kappa shape index (κ3) is 4.06. The monoisotopic (exact) mass is 428 g/mol. The number of hydrogen-bond donors (Lipinski definition) is 1. The Balaban J connectivity index is 1.53. The maximum absolute atomic E-state index is 12.5. The van der Waals surface area contributed by atoms with Crippen LogP contribution in [0, 0.1) is 6.92 Å². The summed E-state index contributed by atoms with van der Waals surface area (Å²) >= 11 is 0. The lowest BCUT2D eigenvalue weighted by Gasteiger charge is -2.12. The normalized spacial score (nSPS) is 17.9.